The molecule has 2 N–H and O–H groups in total. The largest absolute Gasteiger partial charge is 0.380 e. The molecule has 1 fully saturated rings. The Bertz CT molecular complexity index is 1750. The molecule has 39 heavy (non-hydrogen) atoms. The van der Waals surface area contributed by atoms with Gasteiger partial charge in [0, 0.05) is 36.9 Å². The highest BCUT2D eigenvalue weighted by molar-refractivity contribution is 7.12. The Hall–Kier alpha value is -4.30. The average molecular weight is 537 g/mol. The molecular weight excluding hydrogens is 508 g/mol. The molecule has 0 bridgehead atoms. The zero-order valence-corrected chi connectivity index (χ0v) is 22.4. The van der Waals surface area contributed by atoms with E-state index in [4.69, 9.17) is 0 Å². The lowest BCUT2D eigenvalue weighted by molar-refractivity contribution is 0.103. The topological polar surface area (TPSA) is 91.4 Å². The summed E-state index contributed by atoms with van der Waals surface area (Å²) in [7, 11) is 0. The minimum Gasteiger partial charge on any atom is -0.380 e. The molecule has 1 aliphatic rings. The first-order valence-corrected chi connectivity index (χ1v) is 14.0. The Kier molecular flexibility index (Phi) is 6.70. The molecule has 8 heteroatoms. The SMILES string of the molecule is Cc1ccc(NC(=O)c2sccc2NCc2ccnc3ccccc23)cc1-c1c(N2CCCCC2)c(=O)c1=O. The molecule has 3 heterocycles. The molecule has 1 saturated heterocycles. The Morgan fingerprint density at radius 3 is 2.67 bits per heavy atom. The number of benzene rings is 2. The summed E-state index contributed by atoms with van der Waals surface area (Å²) < 4.78 is 0. The fourth-order valence-electron chi connectivity index (χ4n) is 5.33. The number of aromatic nitrogens is 1. The van der Waals surface area contributed by atoms with Gasteiger partial charge in [0.05, 0.1) is 16.8 Å². The molecule has 6 rings (SSSR count). The lowest BCUT2D eigenvalue weighted by Crippen LogP contribution is -2.44. The van der Waals surface area contributed by atoms with E-state index in [1.165, 1.54) is 11.3 Å². The van der Waals surface area contributed by atoms with Crippen LogP contribution in [0, 0.1) is 6.92 Å². The maximum absolute atomic E-state index is 13.3. The number of piperidine rings is 1. The van der Waals surface area contributed by atoms with Gasteiger partial charge in [-0.25, -0.2) is 0 Å². The van der Waals surface area contributed by atoms with Crippen molar-refractivity contribution in [3.8, 4) is 11.1 Å². The van der Waals surface area contributed by atoms with Crippen molar-refractivity contribution in [2.24, 2.45) is 0 Å². The van der Waals surface area contributed by atoms with Crippen LogP contribution >= 0.6 is 11.3 Å². The molecule has 0 radical (unpaired) electrons. The van der Waals surface area contributed by atoms with Crippen LogP contribution < -0.4 is 26.4 Å². The molecule has 0 aliphatic carbocycles. The van der Waals surface area contributed by atoms with Crippen molar-refractivity contribution >= 4 is 45.2 Å². The lowest BCUT2D eigenvalue weighted by atomic mass is 9.92. The summed E-state index contributed by atoms with van der Waals surface area (Å²) in [4.78, 5) is 45.5. The van der Waals surface area contributed by atoms with E-state index in [-0.39, 0.29) is 5.91 Å². The molecule has 196 valence electrons. The van der Waals surface area contributed by atoms with Gasteiger partial charge in [-0.15, -0.1) is 11.3 Å². The third-order valence-corrected chi connectivity index (χ3v) is 8.32. The monoisotopic (exact) mass is 536 g/mol. The van der Waals surface area contributed by atoms with Crippen LogP contribution in [0.3, 0.4) is 0 Å². The summed E-state index contributed by atoms with van der Waals surface area (Å²) in [5, 5.41) is 9.36. The molecular formula is C31H28N4O3S. The van der Waals surface area contributed by atoms with E-state index in [9.17, 15) is 14.4 Å². The van der Waals surface area contributed by atoms with Crippen LogP contribution in [-0.2, 0) is 6.54 Å². The van der Waals surface area contributed by atoms with E-state index in [1.54, 1.807) is 12.3 Å². The van der Waals surface area contributed by atoms with E-state index in [0.717, 1.165) is 60.1 Å². The van der Waals surface area contributed by atoms with Crippen molar-refractivity contribution in [1.82, 2.24) is 4.98 Å². The van der Waals surface area contributed by atoms with Gasteiger partial charge in [-0.1, -0.05) is 24.3 Å². The van der Waals surface area contributed by atoms with Crippen LogP contribution in [0.4, 0.5) is 17.1 Å². The molecule has 5 aromatic rings. The number of rotatable bonds is 7. The van der Waals surface area contributed by atoms with Crippen LogP contribution in [0.25, 0.3) is 22.0 Å². The summed E-state index contributed by atoms with van der Waals surface area (Å²) in [6.07, 6.45) is 4.96. The standard InChI is InChI=1S/C31H28N4O3S/c1-19-9-10-21(17-23(19)26-27(29(37)28(26)36)35-14-5-2-6-15-35)34-31(38)30-25(12-16-39-30)33-18-20-11-13-32-24-8-4-3-7-22(20)24/h3-4,7-13,16-17,33H,2,5-6,14-15,18H2,1H3,(H,34,38). The average Bonchev–Trinajstić information content (AvgIpc) is 3.45. The van der Waals surface area contributed by atoms with Gasteiger partial charge < -0.3 is 15.5 Å². The summed E-state index contributed by atoms with van der Waals surface area (Å²) >= 11 is 1.36. The van der Waals surface area contributed by atoms with Gasteiger partial charge in [0.1, 0.15) is 10.6 Å². The molecule has 2 aromatic heterocycles. The van der Waals surface area contributed by atoms with Crippen molar-refractivity contribution in [3.05, 3.63) is 103 Å². The first kappa shape index (κ1) is 25.0. The molecule has 1 amide bonds. The Balaban J connectivity index is 1.22. The number of fused-ring (bicyclic) bond motifs is 1. The fourth-order valence-corrected chi connectivity index (χ4v) is 6.10. The highest BCUT2D eigenvalue weighted by Crippen LogP contribution is 2.33. The highest BCUT2D eigenvalue weighted by Gasteiger charge is 2.29. The number of thiophene rings is 1. The summed E-state index contributed by atoms with van der Waals surface area (Å²) in [6, 6.07) is 17.4. The quantitative estimate of drug-likeness (QED) is 0.259. The van der Waals surface area contributed by atoms with Crippen molar-refractivity contribution in [1.29, 1.82) is 0 Å². The van der Waals surface area contributed by atoms with Crippen LogP contribution in [-0.4, -0.2) is 24.0 Å². The second-order valence-electron chi connectivity index (χ2n) is 9.92. The van der Waals surface area contributed by atoms with E-state index in [1.807, 2.05) is 65.7 Å². The molecule has 0 unspecified atom stereocenters. The van der Waals surface area contributed by atoms with E-state index in [2.05, 4.69) is 15.6 Å². The van der Waals surface area contributed by atoms with Gasteiger partial charge >= 0.3 is 0 Å². The number of anilines is 3. The zero-order valence-electron chi connectivity index (χ0n) is 21.6. The number of carbonyl (C=O) groups excluding carboxylic acids is 1. The molecule has 7 nitrogen and oxygen atoms in total. The minimum absolute atomic E-state index is 0.233. The lowest BCUT2D eigenvalue weighted by Gasteiger charge is -2.31. The number of carbonyl (C=O) groups is 1. The number of hydrogen-bond donors (Lipinski definition) is 2. The van der Waals surface area contributed by atoms with E-state index >= 15 is 0 Å². The molecule has 0 saturated carbocycles. The van der Waals surface area contributed by atoms with Gasteiger partial charge in [-0.2, -0.15) is 0 Å². The highest BCUT2D eigenvalue weighted by atomic mass is 32.1. The van der Waals surface area contributed by atoms with Crippen molar-refractivity contribution < 1.29 is 4.79 Å². The first-order valence-electron chi connectivity index (χ1n) is 13.2. The van der Waals surface area contributed by atoms with E-state index < -0.39 is 10.9 Å². The van der Waals surface area contributed by atoms with Gasteiger partial charge in [0.15, 0.2) is 0 Å². The minimum atomic E-state index is -0.449. The van der Waals surface area contributed by atoms with Crippen molar-refractivity contribution in [2.75, 3.05) is 28.6 Å². The molecule has 0 atom stereocenters. The Labute approximate surface area is 229 Å². The summed E-state index contributed by atoms with van der Waals surface area (Å²) in [5.74, 6) is -0.233. The Morgan fingerprint density at radius 1 is 1.00 bits per heavy atom. The predicted molar refractivity (Wildman–Crippen MR) is 159 cm³/mol. The number of aryl methyl sites for hydroxylation is 1. The van der Waals surface area contributed by atoms with Crippen LogP contribution in [0.1, 0.15) is 40.1 Å². The fraction of sp³-hybridized carbons (Fsp3) is 0.226. The van der Waals surface area contributed by atoms with Crippen molar-refractivity contribution in [3.63, 3.8) is 0 Å². The van der Waals surface area contributed by atoms with Gasteiger partial charge in [-0.3, -0.25) is 19.4 Å². The van der Waals surface area contributed by atoms with Gasteiger partial charge in [-0.05, 0) is 78.6 Å². The van der Waals surface area contributed by atoms with Gasteiger partial charge in [0.2, 0.25) is 10.9 Å². The number of nitrogens with zero attached hydrogens (tertiary/aromatic N) is 2. The number of amides is 1. The Morgan fingerprint density at radius 2 is 1.82 bits per heavy atom. The third-order valence-electron chi connectivity index (χ3n) is 7.40. The van der Waals surface area contributed by atoms with E-state index in [0.29, 0.717) is 33.9 Å². The van der Waals surface area contributed by atoms with Crippen LogP contribution in [0.15, 0.2) is 75.8 Å². The first-order chi connectivity index (χ1) is 19.0. The van der Waals surface area contributed by atoms with Crippen LogP contribution in [0.2, 0.25) is 0 Å². The molecule has 3 aromatic carbocycles. The molecule has 0 spiro atoms. The van der Waals surface area contributed by atoms with Crippen molar-refractivity contribution in [2.45, 2.75) is 32.7 Å². The number of nitrogens with one attached hydrogen (secondary N) is 2. The number of pyridine rings is 1. The smallest absolute Gasteiger partial charge is 0.267 e. The predicted octanol–water partition coefficient (Wildman–Crippen LogP) is 5.72. The maximum atomic E-state index is 13.3. The number of hydrogen-bond acceptors (Lipinski definition) is 7. The number of para-hydroxylation sites is 1. The zero-order chi connectivity index (χ0) is 26.9. The van der Waals surface area contributed by atoms with Gasteiger partial charge in [0.25, 0.3) is 5.91 Å². The second-order valence-corrected chi connectivity index (χ2v) is 10.8. The third kappa shape index (κ3) is 4.72. The second kappa shape index (κ2) is 10.5. The molecule has 1 aliphatic heterocycles. The maximum Gasteiger partial charge on any atom is 0.267 e. The summed E-state index contributed by atoms with van der Waals surface area (Å²) in [5.41, 5.74) is 5.09. The summed E-state index contributed by atoms with van der Waals surface area (Å²) in [6.45, 7) is 4.05. The normalized spacial score (nSPS) is 13.6. The van der Waals surface area contributed by atoms with Crippen LogP contribution in [0.5, 0.6) is 0 Å².